The van der Waals surface area contributed by atoms with Crippen LogP contribution in [0.1, 0.15) is 6.92 Å². The zero-order valence-electron chi connectivity index (χ0n) is 8.44. The number of hydrogen-bond acceptors (Lipinski definition) is 3. The maximum absolute atomic E-state index is 13.3. The highest BCUT2D eigenvalue weighted by atomic mass is 79.9. The topological polar surface area (TPSA) is 66.4 Å². The van der Waals surface area contributed by atoms with E-state index >= 15 is 0 Å². The van der Waals surface area contributed by atoms with Crippen molar-refractivity contribution in [3.63, 3.8) is 0 Å². The minimum absolute atomic E-state index is 0.150. The van der Waals surface area contributed by atoms with E-state index in [9.17, 15) is 12.8 Å². The molecular formula is C9H11BrFNO3S. The summed E-state index contributed by atoms with van der Waals surface area (Å²) in [6, 6.07) is 4.11. The molecular weight excluding hydrogens is 301 g/mol. The number of sulfonamides is 1. The van der Waals surface area contributed by atoms with Gasteiger partial charge < -0.3 is 5.11 Å². The number of aliphatic hydroxyl groups is 1. The van der Waals surface area contributed by atoms with Crippen molar-refractivity contribution >= 4 is 31.6 Å². The maximum Gasteiger partial charge on any atom is 0.237 e. The Bertz CT molecular complexity index is 457. The largest absolute Gasteiger partial charge is 0.395 e. The van der Waals surface area contributed by atoms with Crippen LogP contribution >= 0.6 is 15.9 Å². The molecule has 16 heavy (non-hydrogen) atoms. The Kier molecular flexibility index (Phi) is 4.28. The SMILES string of the molecule is CC(CO)S(=O)(=O)Nc1c(F)cccc1Br. The molecule has 90 valence electrons. The molecule has 1 aromatic carbocycles. The predicted octanol–water partition coefficient (Wildman–Crippen LogP) is 1.71. The third-order valence-electron chi connectivity index (χ3n) is 1.99. The van der Waals surface area contributed by atoms with E-state index in [1.165, 1.54) is 19.1 Å². The fraction of sp³-hybridized carbons (Fsp3) is 0.333. The second kappa shape index (κ2) is 5.11. The summed E-state index contributed by atoms with van der Waals surface area (Å²) in [4.78, 5) is 0. The van der Waals surface area contributed by atoms with E-state index in [4.69, 9.17) is 5.11 Å². The van der Waals surface area contributed by atoms with Crippen molar-refractivity contribution in [2.45, 2.75) is 12.2 Å². The van der Waals surface area contributed by atoms with E-state index in [0.29, 0.717) is 4.47 Å². The van der Waals surface area contributed by atoms with E-state index in [0.717, 1.165) is 6.07 Å². The minimum atomic E-state index is -3.78. The number of rotatable bonds is 4. The first-order valence-electron chi connectivity index (χ1n) is 4.45. The number of nitrogens with one attached hydrogen (secondary N) is 1. The standard InChI is InChI=1S/C9H11BrFNO3S/c1-6(5-13)16(14,15)12-9-7(10)3-2-4-8(9)11/h2-4,6,12-13H,5H2,1H3. The van der Waals surface area contributed by atoms with Crippen molar-refractivity contribution in [3.8, 4) is 0 Å². The third-order valence-corrected chi connectivity index (χ3v) is 4.35. The first-order chi connectivity index (χ1) is 7.38. The molecule has 0 saturated heterocycles. The summed E-state index contributed by atoms with van der Waals surface area (Å²) in [5, 5.41) is 7.76. The van der Waals surface area contributed by atoms with Crippen LogP contribution in [-0.2, 0) is 10.0 Å². The van der Waals surface area contributed by atoms with Crippen LogP contribution in [0.25, 0.3) is 0 Å². The van der Waals surface area contributed by atoms with Crippen LogP contribution in [0.4, 0.5) is 10.1 Å². The molecule has 4 nitrogen and oxygen atoms in total. The van der Waals surface area contributed by atoms with Crippen molar-refractivity contribution in [1.29, 1.82) is 0 Å². The van der Waals surface area contributed by atoms with Crippen LogP contribution in [0.2, 0.25) is 0 Å². The highest BCUT2D eigenvalue weighted by Gasteiger charge is 2.22. The van der Waals surface area contributed by atoms with E-state index in [2.05, 4.69) is 20.7 Å². The van der Waals surface area contributed by atoms with Gasteiger partial charge in [-0.2, -0.15) is 0 Å². The molecule has 0 spiro atoms. The molecule has 0 aliphatic heterocycles. The quantitative estimate of drug-likeness (QED) is 0.889. The molecule has 1 unspecified atom stereocenters. The van der Waals surface area contributed by atoms with Gasteiger partial charge in [0, 0.05) is 4.47 Å². The molecule has 0 aliphatic carbocycles. The van der Waals surface area contributed by atoms with Gasteiger partial charge in [0.1, 0.15) is 11.1 Å². The summed E-state index contributed by atoms with van der Waals surface area (Å²) < 4.78 is 38.9. The average molecular weight is 312 g/mol. The van der Waals surface area contributed by atoms with Gasteiger partial charge in [-0.1, -0.05) is 6.07 Å². The lowest BCUT2D eigenvalue weighted by Crippen LogP contribution is -2.28. The summed E-state index contributed by atoms with van der Waals surface area (Å²) in [6.07, 6.45) is 0. The van der Waals surface area contributed by atoms with E-state index in [1.54, 1.807) is 0 Å². The molecule has 7 heteroatoms. The predicted molar refractivity (Wildman–Crippen MR) is 63.2 cm³/mol. The van der Waals surface area contributed by atoms with Gasteiger partial charge in [-0.25, -0.2) is 12.8 Å². The number of benzene rings is 1. The van der Waals surface area contributed by atoms with Gasteiger partial charge in [-0.15, -0.1) is 0 Å². The van der Waals surface area contributed by atoms with E-state index in [1.807, 2.05) is 0 Å². The molecule has 1 aromatic rings. The fourth-order valence-corrected chi connectivity index (χ4v) is 2.40. The van der Waals surface area contributed by atoms with Gasteiger partial charge in [0.05, 0.1) is 12.3 Å². The van der Waals surface area contributed by atoms with Gasteiger partial charge in [0.25, 0.3) is 0 Å². The summed E-state index contributed by atoms with van der Waals surface area (Å²) in [5.74, 6) is -0.678. The van der Waals surface area contributed by atoms with Crippen molar-refractivity contribution in [2.75, 3.05) is 11.3 Å². The van der Waals surface area contributed by atoms with Crippen molar-refractivity contribution in [3.05, 3.63) is 28.5 Å². The van der Waals surface area contributed by atoms with E-state index < -0.39 is 27.7 Å². The van der Waals surface area contributed by atoms with Crippen LogP contribution < -0.4 is 4.72 Å². The molecule has 1 atom stereocenters. The van der Waals surface area contributed by atoms with Gasteiger partial charge in [-0.05, 0) is 35.0 Å². The lowest BCUT2D eigenvalue weighted by atomic mass is 10.3. The summed E-state index contributed by atoms with van der Waals surface area (Å²) in [7, 11) is -3.78. The highest BCUT2D eigenvalue weighted by molar-refractivity contribution is 9.10. The van der Waals surface area contributed by atoms with Crippen molar-refractivity contribution < 1.29 is 17.9 Å². The zero-order valence-corrected chi connectivity index (χ0v) is 10.8. The molecule has 2 N–H and O–H groups in total. The average Bonchev–Trinajstić information content (AvgIpc) is 2.22. The van der Waals surface area contributed by atoms with Gasteiger partial charge in [0.15, 0.2) is 0 Å². The Hall–Kier alpha value is -0.660. The lowest BCUT2D eigenvalue weighted by molar-refractivity contribution is 0.296. The Labute approximate surface area is 102 Å². The maximum atomic E-state index is 13.3. The fourth-order valence-electron chi connectivity index (χ4n) is 0.936. The van der Waals surface area contributed by atoms with Crippen molar-refractivity contribution in [1.82, 2.24) is 0 Å². The third kappa shape index (κ3) is 2.93. The number of hydrogen-bond donors (Lipinski definition) is 2. The summed E-state index contributed by atoms with van der Waals surface area (Å²) >= 11 is 3.04. The molecule has 0 aromatic heterocycles. The van der Waals surface area contributed by atoms with Crippen LogP contribution in [-0.4, -0.2) is 25.4 Å². The molecule has 0 heterocycles. The van der Waals surface area contributed by atoms with Crippen LogP contribution in [0.5, 0.6) is 0 Å². The lowest BCUT2D eigenvalue weighted by Gasteiger charge is -2.14. The van der Waals surface area contributed by atoms with E-state index in [-0.39, 0.29) is 5.69 Å². The first kappa shape index (κ1) is 13.4. The number of aliphatic hydroxyl groups excluding tert-OH is 1. The number of para-hydroxylation sites is 1. The molecule has 0 fully saturated rings. The van der Waals surface area contributed by atoms with Gasteiger partial charge in [0.2, 0.25) is 10.0 Å². The molecule has 1 rings (SSSR count). The Morgan fingerprint density at radius 2 is 2.19 bits per heavy atom. The van der Waals surface area contributed by atoms with Crippen molar-refractivity contribution in [2.24, 2.45) is 0 Å². The van der Waals surface area contributed by atoms with Crippen LogP contribution in [0.3, 0.4) is 0 Å². The summed E-state index contributed by atoms with van der Waals surface area (Å²) in [6.45, 7) is 0.804. The number of anilines is 1. The smallest absolute Gasteiger partial charge is 0.237 e. The Morgan fingerprint density at radius 3 is 2.69 bits per heavy atom. The molecule has 0 radical (unpaired) electrons. The number of halogens is 2. The van der Waals surface area contributed by atoms with Crippen LogP contribution in [0.15, 0.2) is 22.7 Å². The Morgan fingerprint density at radius 1 is 1.56 bits per heavy atom. The van der Waals surface area contributed by atoms with Gasteiger partial charge in [-0.3, -0.25) is 4.72 Å². The van der Waals surface area contributed by atoms with Crippen LogP contribution in [0, 0.1) is 5.82 Å². The van der Waals surface area contributed by atoms with Gasteiger partial charge >= 0.3 is 0 Å². The minimum Gasteiger partial charge on any atom is -0.395 e. The highest BCUT2D eigenvalue weighted by Crippen LogP contribution is 2.26. The summed E-state index contributed by atoms with van der Waals surface area (Å²) in [5.41, 5.74) is -0.150. The zero-order chi connectivity index (χ0) is 12.3. The normalized spacial score (nSPS) is 13.5. The molecule has 0 amide bonds. The molecule has 0 bridgehead atoms. The Balaban J connectivity index is 3.06. The second-order valence-electron chi connectivity index (χ2n) is 3.24. The molecule has 0 saturated carbocycles. The first-order valence-corrected chi connectivity index (χ1v) is 6.79. The monoisotopic (exact) mass is 311 g/mol. The molecule has 0 aliphatic rings. The second-order valence-corrected chi connectivity index (χ2v) is 6.19.